The highest BCUT2D eigenvalue weighted by Crippen LogP contribution is 2.22. The Labute approximate surface area is 197 Å². The molecule has 9 nitrogen and oxygen atoms in total. The van der Waals surface area contributed by atoms with Crippen LogP contribution in [0.4, 0.5) is 4.79 Å². The van der Waals surface area contributed by atoms with Crippen LogP contribution < -0.4 is 15.4 Å². The maximum Gasteiger partial charge on any atom is 0.407 e. The molecular formula is C25H26N6O3. The van der Waals surface area contributed by atoms with Gasteiger partial charge in [-0.05, 0) is 39.8 Å². The summed E-state index contributed by atoms with van der Waals surface area (Å²) in [5.74, 6) is 0.746. The first kappa shape index (κ1) is 22.9. The molecule has 0 spiro atoms. The zero-order valence-corrected chi connectivity index (χ0v) is 18.8. The molecule has 0 bridgehead atoms. The normalized spacial score (nSPS) is 11.6. The molecule has 0 saturated heterocycles. The lowest BCUT2D eigenvalue weighted by atomic mass is 10.1. The molecule has 4 rings (SSSR count). The summed E-state index contributed by atoms with van der Waals surface area (Å²) >= 11 is 0. The lowest BCUT2D eigenvalue weighted by molar-refractivity contribution is 0.135. The fourth-order valence-corrected chi connectivity index (χ4v) is 3.52. The van der Waals surface area contributed by atoms with Crippen LogP contribution in [0.5, 0.6) is 5.75 Å². The van der Waals surface area contributed by atoms with Crippen molar-refractivity contribution in [1.29, 1.82) is 0 Å². The second-order valence-electron chi connectivity index (χ2n) is 7.55. The molecule has 3 aromatic carbocycles. The molecule has 1 amide bonds. The van der Waals surface area contributed by atoms with Crippen molar-refractivity contribution >= 4 is 6.09 Å². The molecule has 2 N–H and O–H groups in total. The Morgan fingerprint density at radius 3 is 2.50 bits per heavy atom. The maximum absolute atomic E-state index is 12.5. The van der Waals surface area contributed by atoms with E-state index in [2.05, 4.69) is 26.2 Å². The summed E-state index contributed by atoms with van der Waals surface area (Å²) < 4.78 is 12.5. The van der Waals surface area contributed by atoms with Gasteiger partial charge in [0.2, 0.25) is 0 Å². The second kappa shape index (κ2) is 11.6. The van der Waals surface area contributed by atoms with E-state index in [0.29, 0.717) is 13.1 Å². The van der Waals surface area contributed by atoms with Crippen molar-refractivity contribution in [2.45, 2.75) is 19.2 Å². The summed E-state index contributed by atoms with van der Waals surface area (Å²) in [7, 11) is 1.63. The van der Waals surface area contributed by atoms with Crippen LogP contribution in [0.15, 0.2) is 85.2 Å². The number of methoxy groups -OCH3 is 1. The van der Waals surface area contributed by atoms with Crippen molar-refractivity contribution in [3.05, 3.63) is 102 Å². The van der Waals surface area contributed by atoms with Crippen LogP contribution in [0.2, 0.25) is 0 Å². The molecule has 4 aromatic rings. The predicted octanol–water partition coefficient (Wildman–Crippen LogP) is 3.43. The number of hydrogen-bond donors (Lipinski definition) is 2. The lowest BCUT2D eigenvalue weighted by Gasteiger charge is -2.20. The van der Waals surface area contributed by atoms with Crippen molar-refractivity contribution in [2.75, 3.05) is 13.7 Å². The molecule has 1 unspecified atom stereocenters. The molecule has 1 aromatic heterocycles. The number of alkyl carbamates (subject to hydrolysis) is 1. The molecule has 0 aliphatic carbocycles. The van der Waals surface area contributed by atoms with Gasteiger partial charge in [-0.1, -0.05) is 60.7 Å². The standard InChI is InChI=1S/C25H26N6O3/c1-33-24-13-12-22(31-18-27-29-30-31)14-21(24)15-26-16-23(20-10-6-3-7-11-20)28-25(32)34-17-19-8-4-2-5-9-19/h2-14,18,23,26H,15-17H2,1H3,(H,28,32). The van der Waals surface area contributed by atoms with E-state index in [1.807, 2.05) is 78.9 Å². The number of nitrogens with one attached hydrogen (secondary N) is 2. The molecule has 9 heteroatoms. The van der Waals surface area contributed by atoms with Gasteiger partial charge in [-0.3, -0.25) is 0 Å². The van der Waals surface area contributed by atoms with Gasteiger partial charge in [0.05, 0.1) is 18.8 Å². The Morgan fingerprint density at radius 1 is 1.03 bits per heavy atom. The Hall–Kier alpha value is -4.24. The Kier molecular flexibility index (Phi) is 7.81. The molecule has 0 aliphatic rings. The number of ether oxygens (including phenoxy) is 2. The van der Waals surface area contributed by atoms with Crippen LogP contribution >= 0.6 is 0 Å². The van der Waals surface area contributed by atoms with E-state index in [9.17, 15) is 4.79 Å². The van der Waals surface area contributed by atoms with E-state index in [0.717, 1.165) is 28.1 Å². The number of carbonyl (C=O) groups excluding carboxylic acids is 1. The first-order valence-corrected chi connectivity index (χ1v) is 10.9. The minimum atomic E-state index is -0.474. The van der Waals surface area contributed by atoms with Crippen LogP contribution in [0.25, 0.3) is 5.69 Å². The summed E-state index contributed by atoms with van der Waals surface area (Å²) in [6.45, 7) is 1.22. The van der Waals surface area contributed by atoms with E-state index in [4.69, 9.17) is 9.47 Å². The van der Waals surface area contributed by atoms with Crippen molar-refractivity contribution < 1.29 is 14.3 Å². The molecule has 0 radical (unpaired) electrons. The summed E-state index contributed by atoms with van der Waals surface area (Å²) in [4.78, 5) is 12.5. The number of tetrazole rings is 1. The number of amides is 1. The Bertz CT molecular complexity index is 1170. The quantitative estimate of drug-likeness (QED) is 0.375. The fraction of sp³-hybridized carbons (Fsp3) is 0.200. The van der Waals surface area contributed by atoms with Gasteiger partial charge in [0.25, 0.3) is 0 Å². The van der Waals surface area contributed by atoms with E-state index >= 15 is 0 Å². The number of hydrogen-bond acceptors (Lipinski definition) is 7. The molecule has 0 saturated carbocycles. The first-order valence-electron chi connectivity index (χ1n) is 10.9. The zero-order valence-electron chi connectivity index (χ0n) is 18.8. The van der Waals surface area contributed by atoms with Gasteiger partial charge in [0.15, 0.2) is 0 Å². The van der Waals surface area contributed by atoms with Gasteiger partial charge in [-0.2, -0.15) is 0 Å². The molecule has 1 atom stereocenters. The summed E-state index contributed by atoms with van der Waals surface area (Å²) in [5, 5.41) is 17.7. The van der Waals surface area contributed by atoms with Crippen LogP contribution in [0.1, 0.15) is 22.7 Å². The van der Waals surface area contributed by atoms with E-state index in [-0.39, 0.29) is 12.6 Å². The summed E-state index contributed by atoms with van der Waals surface area (Å²) in [5.41, 5.74) is 3.67. The summed E-state index contributed by atoms with van der Waals surface area (Å²) in [6, 6.07) is 24.8. The molecule has 0 fully saturated rings. The predicted molar refractivity (Wildman–Crippen MR) is 126 cm³/mol. The van der Waals surface area contributed by atoms with E-state index < -0.39 is 6.09 Å². The van der Waals surface area contributed by atoms with Gasteiger partial charge in [0.1, 0.15) is 18.7 Å². The van der Waals surface area contributed by atoms with Crippen molar-refractivity contribution in [3.63, 3.8) is 0 Å². The van der Waals surface area contributed by atoms with Gasteiger partial charge in [-0.15, -0.1) is 5.10 Å². The van der Waals surface area contributed by atoms with Crippen molar-refractivity contribution in [1.82, 2.24) is 30.8 Å². The average Bonchev–Trinajstić information content (AvgIpc) is 3.43. The fourth-order valence-electron chi connectivity index (χ4n) is 3.52. The SMILES string of the molecule is COc1ccc(-n2cnnn2)cc1CNCC(NC(=O)OCc1ccccc1)c1ccccc1. The van der Waals surface area contributed by atoms with Crippen molar-refractivity contribution in [3.8, 4) is 11.4 Å². The second-order valence-corrected chi connectivity index (χ2v) is 7.55. The number of aromatic nitrogens is 4. The third kappa shape index (κ3) is 6.17. The topological polar surface area (TPSA) is 103 Å². The van der Waals surface area contributed by atoms with Gasteiger partial charge < -0.3 is 20.1 Å². The Balaban J connectivity index is 1.40. The number of benzene rings is 3. The molecular weight excluding hydrogens is 432 g/mol. The van der Waals surface area contributed by atoms with Crippen LogP contribution in [0, 0.1) is 0 Å². The zero-order chi connectivity index (χ0) is 23.6. The maximum atomic E-state index is 12.5. The third-order valence-electron chi connectivity index (χ3n) is 5.25. The van der Waals surface area contributed by atoms with Crippen LogP contribution in [-0.4, -0.2) is 40.0 Å². The highest BCUT2D eigenvalue weighted by molar-refractivity contribution is 5.68. The lowest BCUT2D eigenvalue weighted by Crippen LogP contribution is -2.35. The van der Waals surface area contributed by atoms with E-state index in [1.165, 1.54) is 6.33 Å². The monoisotopic (exact) mass is 458 g/mol. The minimum absolute atomic E-state index is 0.211. The highest BCUT2D eigenvalue weighted by atomic mass is 16.5. The Morgan fingerprint density at radius 2 is 1.79 bits per heavy atom. The third-order valence-corrected chi connectivity index (χ3v) is 5.25. The summed E-state index contributed by atoms with van der Waals surface area (Å²) in [6.07, 6.45) is 1.06. The molecule has 0 aliphatic heterocycles. The van der Waals surface area contributed by atoms with Gasteiger partial charge >= 0.3 is 6.09 Å². The highest BCUT2D eigenvalue weighted by Gasteiger charge is 2.16. The van der Waals surface area contributed by atoms with Crippen LogP contribution in [0.3, 0.4) is 0 Å². The average molecular weight is 459 g/mol. The largest absolute Gasteiger partial charge is 0.496 e. The molecule has 1 heterocycles. The first-order chi connectivity index (χ1) is 16.7. The smallest absolute Gasteiger partial charge is 0.407 e. The minimum Gasteiger partial charge on any atom is -0.496 e. The molecule has 34 heavy (non-hydrogen) atoms. The number of nitrogens with zero attached hydrogens (tertiary/aromatic N) is 4. The number of rotatable bonds is 10. The van der Waals surface area contributed by atoms with Gasteiger partial charge in [-0.25, -0.2) is 9.48 Å². The number of carbonyl (C=O) groups is 1. The van der Waals surface area contributed by atoms with E-state index in [1.54, 1.807) is 11.8 Å². The van der Waals surface area contributed by atoms with Crippen molar-refractivity contribution in [2.24, 2.45) is 0 Å². The molecule has 174 valence electrons. The van der Waals surface area contributed by atoms with Crippen LogP contribution in [-0.2, 0) is 17.9 Å². The van der Waals surface area contributed by atoms with Gasteiger partial charge in [0, 0.05) is 18.7 Å².